The third-order valence-corrected chi connectivity index (χ3v) is 3.84. The molecule has 0 bridgehead atoms. The number of pyridine rings is 1. The maximum Gasteiger partial charge on any atom is 0.0868 e. The lowest BCUT2D eigenvalue weighted by Gasteiger charge is -2.15. The number of hydrogen-bond donors (Lipinski definition) is 1. The highest BCUT2D eigenvalue weighted by Crippen LogP contribution is 2.32. The van der Waals surface area contributed by atoms with E-state index in [1.54, 1.807) is 0 Å². The molecule has 18 heavy (non-hydrogen) atoms. The van der Waals surface area contributed by atoms with Crippen LogP contribution < -0.4 is 5.32 Å². The van der Waals surface area contributed by atoms with Crippen molar-refractivity contribution in [2.75, 3.05) is 11.9 Å². The quantitative estimate of drug-likeness (QED) is 0.886. The van der Waals surface area contributed by atoms with Gasteiger partial charge in [-0.25, -0.2) is 0 Å². The standard InChI is InChI=1S/C15H19BrN2/c1-4-9-17-14-10(3)13(5-2)18-15-11(14)7-6-8-12(15)16/h6-8H,4-5,9H2,1-3H3,(H,17,18). The molecule has 96 valence electrons. The van der Waals surface area contributed by atoms with Crippen LogP contribution in [-0.4, -0.2) is 11.5 Å². The Morgan fingerprint density at radius 1 is 1.28 bits per heavy atom. The van der Waals surface area contributed by atoms with Gasteiger partial charge >= 0.3 is 0 Å². The number of hydrogen-bond acceptors (Lipinski definition) is 2. The molecule has 0 unspecified atom stereocenters. The Labute approximate surface area is 117 Å². The van der Waals surface area contributed by atoms with Crippen LogP contribution in [0.15, 0.2) is 22.7 Å². The molecule has 1 heterocycles. The number of para-hydroxylation sites is 1. The van der Waals surface area contributed by atoms with Gasteiger partial charge in [0.1, 0.15) is 0 Å². The van der Waals surface area contributed by atoms with Gasteiger partial charge in [-0.05, 0) is 47.3 Å². The molecule has 2 rings (SSSR count). The van der Waals surface area contributed by atoms with E-state index in [0.717, 1.165) is 29.4 Å². The number of rotatable bonds is 4. The highest BCUT2D eigenvalue weighted by molar-refractivity contribution is 9.10. The molecule has 0 atom stereocenters. The topological polar surface area (TPSA) is 24.9 Å². The number of aryl methyl sites for hydroxylation is 1. The molecule has 0 aliphatic carbocycles. The van der Waals surface area contributed by atoms with E-state index < -0.39 is 0 Å². The highest BCUT2D eigenvalue weighted by Gasteiger charge is 2.11. The minimum absolute atomic E-state index is 0.962. The molecular formula is C15H19BrN2. The first kappa shape index (κ1) is 13.3. The highest BCUT2D eigenvalue weighted by atomic mass is 79.9. The van der Waals surface area contributed by atoms with Crippen molar-refractivity contribution in [3.63, 3.8) is 0 Å². The zero-order valence-electron chi connectivity index (χ0n) is 11.2. The van der Waals surface area contributed by atoms with Crippen LogP contribution in [0.4, 0.5) is 5.69 Å². The largest absolute Gasteiger partial charge is 0.384 e. The van der Waals surface area contributed by atoms with Crippen molar-refractivity contribution in [3.05, 3.63) is 33.9 Å². The summed E-state index contributed by atoms with van der Waals surface area (Å²) in [5.41, 5.74) is 4.74. The zero-order chi connectivity index (χ0) is 13.1. The normalized spacial score (nSPS) is 10.9. The minimum atomic E-state index is 0.962. The summed E-state index contributed by atoms with van der Waals surface area (Å²) in [7, 11) is 0. The van der Waals surface area contributed by atoms with E-state index >= 15 is 0 Å². The summed E-state index contributed by atoms with van der Waals surface area (Å²) in [6.07, 6.45) is 2.09. The van der Waals surface area contributed by atoms with E-state index in [4.69, 9.17) is 4.98 Å². The van der Waals surface area contributed by atoms with Gasteiger partial charge in [0.15, 0.2) is 0 Å². The second-order valence-electron chi connectivity index (χ2n) is 4.47. The molecular weight excluding hydrogens is 288 g/mol. The van der Waals surface area contributed by atoms with E-state index in [0.29, 0.717) is 0 Å². The molecule has 0 radical (unpaired) electrons. The average molecular weight is 307 g/mol. The lowest BCUT2D eigenvalue weighted by atomic mass is 10.1. The fraction of sp³-hybridized carbons (Fsp3) is 0.400. The second-order valence-corrected chi connectivity index (χ2v) is 5.33. The van der Waals surface area contributed by atoms with Gasteiger partial charge in [-0.1, -0.05) is 26.0 Å². The molecule has 0 aliphatic rings. The molecule has 0 saturated heterocycles. The lowest BCUT2D eigenvalue weighted by Crippen LogP contribution is -2.06. The first-order valence-electron chi connectivity index (χ1n) is 6.50. The number of nitrogens with zero attached hydrogens (tertiary/aromatic N) is 1. The summed E-state index contributed by atoms with van der Waals surface area (Å²) in [4.78, 5) is 4.77. The molecule has 0 spiro atoms. The first-order valence-corrected chi connectivity index (χ1v) is 7.29. The van der Waals surface area contributed by atoms with Crippen LogP contribution >= 0.6 is 15.9 Å². The van der Waals surface area contributed by atoms with Crippen molar-refractivity contribution in [2.45, 2.75) is 33.6 Å². The van der Waals surface area contributed by atoms with Crippen molar-refractivity contribution >= 4 is 32.5 Å². The molecule has 1 N–H and O–H groups in total. The van der Waals surface area contributed by atoms with Gasteiger partial charge in [-0.2, -0.15) is 0 Å². The Hall–Kier alpha value is -1.09. The molecule has 2 aromatic rings. The van der Waals surface area contributed by atoms with Gasteiger partial charge in [0.2, 0.25) is 0 Å². The molecule has 0 aliphatic heterocycles. The predicted octanol–water partition coefficient (Wildman–Crippen LogP) is 4.69. The molecule has 0 amide bonds. The third kappa shape index (κ3) is 2.37. The fourth-order valence-corrected chi connectivity index (χ4v) is 2.67. The predicted molar refractivity (Wildman–Crippen MR) is 82.3 cm³/mol. The van der Waals surface area contributed by atoms with Crippen molar-refractivity contribution in [3.8, 4) is 0 Å². The molecule has 1 aromatic carbocycles. The van der Waals surface area contributed by atoms with Crippen LogP contribution in [0.25, 0.3) is 10.9 Å². The van der Waals surface area contributed by atoms with Crippen LogP contribution in [0.5, 0.6) is 0 Å². The van der Waals surface area contributed by atoms with Crippen LogP contribution in [0, 0.1) is 6.92 Å². The Morgan fingerprint density at radius 2 is 2.06 bits per heavy atom. The summed E-state index contributed by atoms with van der Waals surface area (Å²) in [6.45, 7) is 7.49. The summed E-state index contributed by atoms with van der Waals surface area (Å²) in [6, 6.07) is 6.25. The van der Waals surface area contributed by atoms with Gasteiger partial charge in [0, 0.05) is 27.8 Å². The van der Waals surface area contributed by atoms with Gasteiger partial charge in [-0.15, -0.1) is 0 Å². The van der Waals surface area contributed by atoms with Gasteiger partial charge in [-0.3, -0.25) is 4.98 Å². The van der Waals surface area contributed by atoms with E-state index in [1.807, 2.05) is 6.07 Å². The van der Waals surface area contributed by atoms with E-state index in [-0.39, 0.29) is 0 Å². The van der Waals surface area contributed by atoms with Crippen LogP contribution in [-0.2, 0) is 6.42 Å². The van der Waals surface area contributed by atoms with Crippen molar-refractivity contribution in [1.82, 2.24) is 4.98 Å². The monoisotopic (exact) mass is 306 g/mol. The van der Waals surface area contributed by atoms with Crippen LogP contribution in [0.2, 0.25) is 0 Å². The van der Waals surface area contributed by atoms with E-state index in [2.05, 4.69) is 54.2 Å². The van der Waals surface area contributed by atoms with E-state index in [9.17, 15) is 0 Å². The maximum absolute atomic E-state index is 4.77. The smallest absolute Gasteiger partial charge is 0.0868 e. The fourth-order valence-electron chi connectivity index (χ4n) is 2.22. The van der Waals surface area contributed by atoms with Crippen LogP contribution in [0.3, 0.4) is 0 Å². The number of nitrogens with one attached hydrogen (secondary N) is 1. The zero-order valence-corrected chi connectivity index (χ0v) is 12.8. The number of anilines is 1. The maximum atomic E-state index is 4.77. The Balaban J connectivity index is 2.70. The summed E-state index contributed by atoms with van der Waals surface area (Å²) < 4.78 is 1.06. The number of halogens is 1. The minimum Gasteiger partial charge on any atom is -0.384 e. The third-order valence-electron chi connectivity index (χ3n) is 3.20. The average Bonchev–Trinajstić information content (AvgIpc) is 2.38. The number of fused-ring (bicyclic) bond motifs is 1. The Bertz CT molecular complexity index is 564. The SMILES string of the molecule is CCCNc1c(C)c(CC)nc2c(Br)cccc12. The van der Waals surface area contributed by atoms with Crippen LogP contribution in [0.1, 0.15) is 31.5 Å². The molecule has 0 saturated carbocycles. The number of aromatic nitrogens is 1. The van der Waals surface area contributed by atoms with Gasteiger partial charge in [0.05, 0.1) is 5.52 Å². The molecule has 3 heteroatoms. The molecule has 1 aromatic heterocycles. The summed E-state index contributed by atoms with van der Waals surface area (Å²) in [5, 5.41) is 4.75. The lowest BCUT2D eigenvalue weighted by molar-refractivity contribution is 0.970. The van der Waals surface area contributed by atoms with Crippen molar-refractivity contribution in [1.29, 1.82) is 0 Å². The van der Waals surface area contributed by atoms with Crippen molar-refractivity contribution in [2.24, 2.45) is 0 Å². The van der Waals surface area contributed by atoms with Gasteiger partial charge < -0.3 is 5.32 Å². The first-order chi connectivity index (χ1) is 8.69. The van der Waals surface area contributed by atoms with Gasteiger partial charge in [0.25, 0.3) is 0 Å². The molecule has 2 nitrogen and oxygen atoms in total. The second kappa shape index (κ2) is 5.70. The Kier molecular flexibility index (Phi) is 4.23. The Morgan fingerprint density at radius 3 is 2.72 bits per heavy atom. The number of benzene rings is 1. The van der Waals surface area contributed by atoms with E-state index in [1.165, 1.54) is 22.3 Å². The summed E-state index contributed by atoms with van der Waals surface area (Å²) >= 11 is 3.60. The molecule has 0 fully saturated rings. The van der Waals surface area contributed by atoms with Crippen molar-refractivity contribution < 1.29 is 0 Å². The summed E-state index contributed by atoms with van der Waals surface area (Å²) in [5.74, 6) is 0.